The minimum Gasteiger partial charge on any atom is -0.468 e. The molecule has 0 saturated carbocycles. The molecule has 1 amide bonds. The predicted molar refractivity (Wildman–Crippen MR) is 89.6 cm³/mol. The molecule has 0 aliphatic rings. The molecule has 3 aromatic rings. The SMILES string of the molecule is COC(=O)Cn1c(=NC(=O)c2cc(C)on2)sc2cc([N+](=O)[O-])ccc21. The number of hydrogen-bond acceptors (Lipinski definition) is 8. The first-order chi connectivity index (χ1) is 12.4. The number of thiazole rings is 1. The van der Waals surface area contributed by atoms with Crippen LogP contribution in [0.3, 0.4) is 0 Å². The van der Waals surface area contributed by atoms with Crippen LogP contribution >= 0.6 is 11.3 Å². The third-order valence-electron chi connectivity index (χ3n) is 3.44. The van der Waals surface area contributed by atoms with Gasteiger partial charge >= 0.3 is 11.9 Å². The lowest BCUT2D eigenvalue weighted by molar-refractivity contribution is -0.384. The molecule has 2 heterocycles. The Balaban J connectivity index is 2.16. The number of benzene rings is 1. The van der Waals surface area contributed by atoms with Crippen molar-refractivity contribution in [2.45, 2.75) is 13.5 Å². The van der Waals surface area contributed by atoms with E-state index < -0.39 is 16.8 Å². The number of aromatic nitrogens is 2. The van der Waals surface area contributed by atoms with E-state index in [1.54, 1.807) is 6.92 Å². The molecule has 0 fully saturated rings. The van der Waals surface area contributed by atoms with Crippen molar-refractivity contribution in [2.24, 2.45) is 4.99 Å². The van der Waals surface area contributed by atoms with Gasteiger partial charge in [0.1, 0.15) is 12.3 Å². The summed E-state index contributed by atoms with van der Waals surface area (Å²) in [6.07, 6.45) is 0. The molecule has 134 valence electrons. The number of amides is 1. The van der Waals surface area contributed by atoms with Crippen LogP contribution in [0.1, 0.15) is 16.2 Å². The fourth-order valence-corrected chi connectivity index (χ4v) is 3.28. The van der Waals surface area contributed by atoms with Gasteiger partial charge in [0.25, 0.3) is 5.69 Å². The van der Waals surface area contributed by atoms with Crippen LogP contribution in [-0.2, 0) is 16.1 Å². The van der Waals surface area contributed by atoms with Gasteiger partial charge in [0.2, 0.25) is 0 Å². The molecular weight excluding hydrogens is 364 g/mol. The van der Waals surface area contributed by atoms with E-state index in [9.17, 15) is 19.7 Å². The van der Waals surface area contributed by atoms with Gasteiger partial charge in [-0.15, -0.1) is 0 Å². The Bertz CT molecular complexity index is 1090. The number of carbonyl (C=O) groups is 2. The van der Waals surface area contributed by atoms with Crippen molar-refractivity contribution in [1.82, 2.24) is 9.72 Å². The number of rotatable bonds is 4. The summed E-state index contributed by atoms with van der Waals surface area (Å²) in [4.78, 5) is 38.6. The second-order valence-electron chi connectivity index (χ2n) is 5.20. The normalized spacial score (nSPS) is 11.7. The van der Waals surface area contributed by atoms with Crippen molar-refractivity contribution >= 4 is 39.1 Å². The fourth-order valence-electron chi connectivity index (χ4n) is 2.22. The van der Waals surface area contributed by atoms with E-state index in [2.05, 4.69) is 14.9 Å². The second-order valence-corrected chi connectivity index (χ2v) is 6.20. The highest BCUT2D eigenvalue weighted by molar-refractivity contribution is 7.16. The average molecular weight is 376 g/mol. The summed E-state index contributed by atoms with van der Waals surface area (Å²) in [5.74, 6) is -0.742. The summed E-state index contributed by atoms with van der Waals surface area (Å²) in [6.45, 7) is 1.44. The molecule has 0 N–H and O–H groups in total. The van der Waals surface area contributed by atoms with E-state index in [1.807, 2.05) is 0 Å². The summed E-state index contributed by atoms with van der Waals surface area (Å²) < 4.78 is 11.5. The molecule has 2 aromatic heterocycles. The first-order valence-electron chi connectivity index (χ1n) is 7.26. The lowest BCUT2D eigenvalue weighted by Gasteiger charge is -2.03. The highest BCUT2D eigenvalue weighted by atomic mass is 32.1. The maximum Gasteiger partial charge on any atom is 0.325 e. The molecule has 0 bridgehead atoms. The Morgan fingerprint density at radius 1 is 1.42 bits per heavy atom. The van der Waals surface area contributed by atoms with Crippen LogP contribution in [0.25, 0.3) is 10.2 Å². The van der Waals surface area contributed by atoms with Gasteiger partial charge in [0.15, 0.2) is 10.5 Å². The van der Waals surface area contributed by atoms with Crippen LogP contribution in [0.15, 0.2) is 33.8 Å². The van der Waals surface area contributed by atoms with Crippen LogP contribution in [0.5, 0.6) is 0 Å². The molecule has 0 unspecified atom stereocenters. The van der Waals surface area contributed by atoms with E-state index >= 15 is 0 Å². The van der Waals surface area contributed by atoms with Gasteiger partial charge in [0, 0.05) is 18.2 Å². The van der Waals surface area contributed by atoms with E-state index in [1.165, 1.54) is 35.9 Å². The molecular formula is C15H12N4O6S. The third-order valence-corrected chi connectivity index (χ3v) is 4.48. The lowest BCUT2D eigenvalue weighted by atomic mass is 10.3. The summed E-state index contributed by atoms with van der Waals surface area (Å²) >= 11 is 1.04. The Morgan fingerprint density at radius 2 is 2.19 bits per heavy atom. The first kappa shape index (κ1) is 17.5. The third kappa shape index (κ3) is 3.37. The lowest BCUT2D eigenvalue weighted by Crippen LogP contribution is -2.22. The molecule has 3 rings (SSSR count). The second kappa shape index (κ2) is 6.88. The molecule has 0 spiro atoms. The summed E-state index contributed by atoms with van der Waals surface area (Å²) in [5, 5.41) is 14.6. The molecule has 0 saturated heterocycles. The predicted octanol–water partition coefficient (Wildman–Crippen LogP) is 1.82. The zero-order valence-corrected chi connectivity index (χ0v) is 14.5. The molecule has 11 heteroatoms. The Labute approximate surface area is 149 Å². The quantitative estimate of drug-likeness (QED) is 0.386. The van der Waals surface area contributed by atoms with Crippen molar-refractivity contribution in [3.63, 3.8) is 0 Å². The highest BCUT2D eigenvalue weighted by Crippen LogP contribution is 2.23. The van der Waals surface area contributed by atoms with Gasteiger partial charge in [-0.3, -0.25) is 19.7 Å². The molecule has 0 radical (unpaired) electrons. The minimum absolute atomic E-state index is 0.0237. The van der Waals surface area contributed by atoms with Gasteiger partial charge in [-0.25, -0.2) is 0 Å². The van der Waals surface area contributed by atoms with E-state index in [0.29, 0.717) is 16.0 Å². The number of ether oxygens (including phenoxy) is 1. The molecule has 10 nitrogen and oxygen atoms in total. The zero-order valence-electron chi connectivity index (χ0n) is 13.7. The van der Waals surface area contributed by atoms with E-state index in [-0.39, 0.29) is 22.7 Å². The summed E-state index contributed by atoms with van der Waals surface area (Å²) in [7, 11) is 1.24. The van der Waals surface area contributed by atoms with Crippen molar-refractivity contribution < 1.29 is 23.8 Å². The Kier molecular flexibility index (Phi) is 4.63. The molecule has 0 atom stereocenters. The maximum absolute atomic E-state index is 12.3. The van der Waals surface area contributed by atoms with E-state index in [4.69, 9.17) is 4.52 Å². The van der Waals surface area contributed by atoms with Gasteiger partial charge in [-0.1, -0.05) is 16.5 Å². The van der Waals surface area contributed by atoms with Gasteiger partial charge < -0.3 is 13.8 Å². The number of fused-ring (bicyclic) bond motifs is 1. The largest absolute Gasteiger partial charge is 0.468 e. The number of nitro groups is 1. The molecule has 0 aliphatic carbocycles. The van der Waals surface area contributed by atoms with Gasteiger partial charge in [-0.2, -0.15) is 4.99 Å². The summed E-state index contributed by atoms with van der Waals surface area (Å²) in [5.41, 5.74) is 0.443. The molecule has 0 aliphatic heterocycles. The van der Waals surface area contributed by atoms with Gasteiger partial charge in [-0.05, 0) is 13.0 Å². The van der Waals surface area contributed by atoms with Gasteiger partial charge in [0.05, 0.1) is 22.2 Å². The van der Waals surface area contributed by atoms with Crippen LogP contribution in [0, 0.1) is 17.0 Å². The number of aryl methyl sites for hydroxylation is 1. The highest BCUT2D eigenvalue weighted by Gasteiger charge is 2.16. The first-order valence-corrected chi connectivity index (χ1v) is 8.07. The Morgan fingerprint density at radius 3 is 2.81 bits per heavy atom. The smallest absolute Gasteiger partial charge is 0.325 e. The number of hydrogen-bond donors (Lipinski definition) is 0. The number of non-ortho nitro benzene ring substituents is 1. The van der Waals surface area contributed by atoms with Crippen LogP contribution < -0.4 is 4.80 Å². The fraction of sp³-hybridized carbons (Fsp3) is 0.200. The number of nitro benzene ring substituents is 1. The van der Waals surface area contributed by atoms with Crippen molar-refractivity contribution in [2.75, 3.05) is 7.11 Å². The molecule has 1 aromatic carbocycles. The minimum atomic E-state index is -0.651. The number of methoxy groups -OCH3 is 1. The number of nitrogens with zero attached hydrogens (tertiary/aromatic N) is 4. The monoisotopic (exact) mass is 376 g/mol. The van der Waals surface area contributed by atoms with Crippen LogP contribution in [0.2, 0.25) is 0 Å². The van der Waals surface area contributed by atoms with Crippen molar-refractivity contribution in [3.05, 3.63) is 50.6 Å². The topological polar surface area (TPSA) is 130 Å². The van der Waals surface area contributed by atoms with Crippen LogP contribution in [0.4, 0.5) is 5.69 Å². The van der Waals surface area contributed by atoms with Crippen molar-refractivity contribution in [3.8, 4) is 0 Å². The number of carbonyl (C=O) groups excluding carboxylic acids is 2. The van der Waals surface area contributed by atoms with Crippen molar-refractivity contribution in [1.29, 1.82) is 0 Å². The Hall–Kier alpha value is -3.34. The number of esters is 1. The standard InChI is InChI=1S/C15H12N4O6S/c1-8-5-10(17-25-8)14(21)16-15-18(7-13(20)24-2)11-4-3-9(19(22)23)6-12(11)26-15/h3-6H,7H2,1-2H3. The molecule has 26 heavy (non-hydrogen) atoms. The summed E-state index contributed by atoms with van der Waals surface area (Å²) in [6, 6.07) is 5.61. The van der Waals surface area contributed by atoms with E-state index in [0.717, 1.165) is 11.3 Å². The maximum atomic E-state index is 12.3. The average Bonchev–Trinajstić information content (AvgIpc) is 3.18. The van der Waals surface area contributed by atoms with Crippen LogP contribution in [-0.4, -0.2) is 33.6 Å². The zero-order chi connectivity index (χ0) is 18.8.